The van der Waals surface area contributed by atoms with E-state index in [0.29, 0.717) is 17.7 Å². The number of hydrogen-bond donors (Lipinski definition) is 2. The molecular formula is C28H39N3O5. The van der Waals surface area contributed by atoms with Gasteiger partial charge < -0.3 is 14.9 Å². The summed E-state index contributed by atoms with van der Waals surface area (Å²) in [4.78, 5) is 25.6. The maximum absolute atomic E-state index is 13.2. The smallest absolute Gasteiger partial charge is 0.331 e. The minimum absolute atomic E-state index is 0.172. The second kappa shape index (κ2) is 12.7. The first-order chi connectivity index (χ1) is 16.8. The fourth-order valence-electron chi connectivity index (χ4n) is 3.72. The number of nitrogens with zero attached hydrogens (tertiary/aromatic N) is 3. The molecule has 2 rings (SSSR count). The summed E-state index contributed by atoms with van der Waals surface area (Å²) in [5.41, 5.74) is 0.899. The van der Waals surface area contributed by atoms with Gasteiger partial charge in [-0.2, -0.15) is 0 Å². The van der Waals surface area contributed by atoms with Crippen LogP contribution in [0.3, 0.4) is 0 Å². The van der Waals surface area contributed by atoms with Crippen molar-refractivity contribution in [3.63, 3.8) is 0 Å². The Labute approximate surface area is 213 Å². The Balaban J connectivity index is 2.48. The molecule has 0 unspecified atom stereocenters. The third kappa shape index (κ3) is 9.17. The van der Waals surface area contributed by atoms with E-state index in [1.807, 2.05) is 26.0 Å². The summed E-state index contributed by atoms with van der Waals surface area (Å²) in [6, 6.07) is 0. The summed E-state index contributed by atoms with van der Waals surface area (Å²) < 4.78 is 7.11. The van der Waals surface area contributed by atoms with Crippen molar-refractivity contribution in [3.05, 3.63) is 71.1 Å². The highest BCUT2D eigenvalue weighted by Crippen LogP contribution is 2.33. The molecule has 1 aromatic rings. The number of carbonyl (C=O) groups is 2. The first kappa shape index (κ1) is 29.1. The van der Waals surface area contributed by atoms with E-state index >= 15 is 0 Å². The third-order valence-electron chi connectivity index (χ3n) is 5.95. The number of esters is 1. The van der Waals surface area contributed by atoms with Crippen LogP contribution < -0.4 is 0 Å². The van der Waals surface area contributed by atoms with Gasteiger partial charge in [0.1, 0.15) is 11.3 Å². The minimum atomic E-state index is -1.62. The molecule has 1 heterocycles. The number of aliphatic hydroxyl groups excluding tert-OH is 1. The van der Waals surface area contributed by atoms with Crippen molar-refractivity contribution in [1.29, 1.82) is 0 Å². The van der Waals surface area contributed by atoms with Gasteiger partial charge in [-0.25, -0.2) is 9.48 Å². The molecule has 0 amide bonds. The highest BCUT2D eigenvalue weighted by atomic mass is 16.6. The van der Waals surface area contributed by atoms with E-state index in [-0.39, 0.29) is 24.3 Å². The van der Waals surface area contributed by atoms with Gasteiger partial charge in [0.2, 0.25) is 0 Å². The lowest BCUT2D eigenvalue weighted by Crippen LogP contribution is -2.39. The maximum atomic E-state index is 13.2. The monoisotopic (exact) mass is 497 g/mol. The van der Waals surface area contributed by atoms with Crippen LogP contribution in [-0.4, -0.2) is 48.7 Å². The van der Waals surface area contributed by atoms with E-state index in [4.69, 9.17) is 4.74 Å². The highest BCUT2D eigenvalue weighted by Gasteiger charge is 2.33. The zero-order valence-corrected chi connectivity index (χ0v) is 22.2. The van der Waals surface area contributed by atoms with Gasteiger partial charge in [0, 0.05) is 11.6 Å². The lowest BCUT2D eigenvalue weighted by Gasteiger charge is -2.29. The predicted octanol–water partition coefficient (Wildman–Crippen LogP) is 4.16. The van der Waals surface area contributed by atoms with E-state index in [9.17, 15) is 19.8 Å². The van der Waals surface area contributed by atoms with Crippen LogP contribution in [0, 0.1) is 5.41 Å². The summed E-state index contributed by atoms with van der Waals surface area (Å²) in [5.74, 6) is -0.852. The largest absolute Gasteiger partial charge is 0.452 e. The summed E-state index contributed by atoms with van der Waals surface area (Å²) >= 11 is 0. The van der Waals surface area contributed by atoms with Gasteiger partial charge in [0.25, 0.3) is 0 Å². The average molecular weight is 498 g/mol. The number of hydrogen-bond acceptors (Lipinski definition) is 7. The third-order valence-corrected chi connectivity index (χ3v) is 5.95. The Kier molecular flexibility index (Phi) is 10.3. The van der Waals surface area contributed by atoms with Crippen LogP contribution in [0.15, 0.2) is 65.4 Å². The molecule has 36 heavy (non-hydrogen) atoms. The van der Waals surface area contributed by atoms with Gasteiger partial charge in [-0.15, -0.1) is 5.10 Å². The first-order valence-electron chi connectivity index (χ1n) is 12.2. The molecule has 0 saturated carbocycles. The SMILES string of the molecule is CC(C)=CCC[C@]1(C)C=C[C@@H](OC(=O)C=C(C)C)[C@](C)(O)/C=C/C(=O)/C(Cn2cc(CO)nn2)=C\C1. The van der Waals surface area contributed by atoms with Crippen LogP contribution in [-0.2, 0) is 27.5 Å². The zero-order chi connectivity index (χ0) is 26.9. The molecule has 0 radical (unpaired) electrons. The molecule has 8 heteroatoms. The molecule has 0 fully saturated rings. The van der Waals surface area contributed by atoms with Gasteiger partial charge >= 0.3 is 5.97 Å². The Hall–Kier alpha value is -3.10. The van der Waals surface area contributed by atoms with Gasteiger partial charge in [0.15, 0.2) is 11.9 Å². The number of aromatic nitrogens is 3. The first-order valence-corrected chi connectivity index (χ1v) is 12.2. The average Bonchev–Trinajstić information content (AvgIpc) is 3.24. The van der Waals surface area contributed by atoms with Crippen LogP contribution in [0.2, 0.25) is 0 Å². The van der Waals surface area contributed by atoms with Crippen LogP contribution in [0.5, 0.6) is 0 Å². The highest BCUT2D eigenvalue weighted by molar-refractivity contribution is 6.04. The maximum Gasteiger partial charge on any atom is 0.331 e. The van der Waals surface area contributed by atoms with E-state index in [0.717, 1.165) is 18.4 Å². The zero-order valence-electron chi connectivity index (χ0n) is 22.2. The van der Waals surface area contributed by atoms with Crippen molar-refractivity contribution >= 4 is 11.8 Å². The molecule has 1 aromatic heterocycles. The summed E-state index contributed by atoms with van der Waals surface area (Å²) in [5, 5.41) is 28.4. The quantitative estimate of drug-likeness (QED) is 0.315. The van der Waals surface area contributed by atoms with E-state index < -0.39 is 17.7 Å². The van der Waals surface area contributed by atoms with Crippen molar-refractivity contribution in [2.75, 3.05) is 0 Å². The molecule has 0 aliphatic heterocycles. The Morgan fingerprint density at radius 2 is 1.94 bits per heavy atom. The van der Waals surface area contributed by atoms with Crippen molar-refractivity contribution in [2.24, 2.45) is 5.41 Å². The summed E-state index contributed by atoms with van der Waals surface area (Å²) in [6.45, 7) is 11.2. The van der Waals surface area contributed by atoms with Crippen molar-refractivity contribution < 1.29 is 24.5 Å². The molecule has 196 valence electrons. The number of ketones is 1. The van der Waals surface area contributed by atoms with E-state index in [1.165, 1.54) is 35.4 Å². The Morgan fingerprint density at radius 1 is 1.22 bits per heavy atom. The topological polar surface area (TPSA) is 115 Å². The van der Waals surface area contributed by atoms with Crippen LogP contribution in [0.4, 0.5) is 0 Å². The molecule has 0 saturated heterocycles. The van der Waals surface area contributed by atoms with Gasteiger partial charge in [-0.05, 0) is 77.5 Å². The Morgan fingerprint density at radius 3 is 2.56 bits per heavy atom. The molecule has 1 aliphatic rings. The molecule has 0 spiro atoms. The lowest BCUT2D eigenvalue weighted by molar-refractivity contribution is -0.148. The molecule has 2 N–H and O–H groups in total. The normalized spacial score (nSPS) is 26.8. The van der Waals surface area contributed by atoms with Crippen molar-refractivity contribution in [1.82, 2.24) is 15.0 Å². The second-order valence-corrected chi connectivity index (χ2v) is 10.3. The van der Waals surface area contributed by atoms with Gasteiger partial charge in [-0.1, -0.05) is 41.5 Å². The fraction of sp³-hybridized carbons (Fsp3) is 0.500. The number of allylic oxidation sites excluding steroid dienone is 7. The number of rotatable bonds is 8. The number of ether oxygens (including phenoxy) is 1. The molecule has 3 atom stereocenters. The van der Waals surface area contributed by atoms with Gasteiger partial charge in [-0.3, -0.25) is 4.79 Å². The number of aliphatic hydroxyl groups is 2. The molecule has 0 bridgehead atoms. The standard InChI is InChI=1S/C28H39N3O5/c1-20(2)8-7-12-27(5)13-9-22(17-31-18-23(19-32)29-30-31)24(33)10-15-28(6,35)25(11-14-27)36-26(34)16-21(3)4/h8-11,14-16,18,25,32,35H,7,12-13,17,19H2,1-6H3/b14-11?,15-10+,22-9-/t25-,27+,28-/m1/s1. The Bertz CT molecular complexity index is 1080. The van der Waals surface area contributed by atoms with E-state index in [2.05, 4.69) is 23.3 Å². The molecule has 8 nitrogen and oxygen atoms in total. The fourth-order valence-corrected chi connectivity index (χ4v) is 3.72. The van der Waals surface area contributed by atoms with E-state index in [1.54, 1.807) is 26.1 Å². The van der Waals surface area contributed by atoms with Crippen molar-refractivity contribution in [3.8, 4) is 0 Å². The lowest BCUT2D eigenvalue weighted by atomic mass is 9.80. The predicted molar refractivity (Wildman–Crippen MR) is 139 cm³/mol. The van der Waals surface area contributed by atoms with Crippen molar-refractivity contribution in [2.45, 2.75) is 85.7 Å². The van der Waals surface area contributed by atoms with Crippen LogP contribution in [0.25, 0.3) is 0 Å². The number of carbonyl (C=O) groups excluding carboxylic acids is 2. The minimum Gasteiger partial charge on any atom is -0.452 e. The van der Waals surface area contributed by atoms with Crippen LogP contribution in [0.1, 0.15) is 66.5 Å². The van der Waals surface area contributed by atoms with Crippen LogP contribution >= 0.6 is 0 Å². The second-order valence-electron chi connectivity index (χ2n) is 10.3. The molecule has 0 aromatic carbocycles. The summed E-state index contributed by atoms with van der Waals surface area (Å²) in [7, 11) is 0. The summed E-state index contributed by atoms with van der Waals surface area (Å²) in [6.07, 6.45) is 14.5. The molecular weight excluding hydrogens is 458 g/mol. The van der Waals surface area contributed by atoms with Gasteiger partial charge in [0.05, 0.1) is 19.3 Å². The molecule has 1 aliphatic carbocycles.